The molecule has 0 saturated heterocycles. The Morgan fingerprint density at radius 2 is 2.18 bits per heavy atom. The van der Waals surface area contributed by atoms with Crippen LogP contribution in [-0.2, 0) is 11.8 Å². The lowest BCUT2D eigenvalue weighted by Crippen LogP contribution is -2.17. The molecule has 3 heteroatoms. The number of nitrogens with zero attached hydrogens (tertiary/aromatic N) is 2. The first-order chi connectivity index (χ1) is 5.36. The van der Waals surface area contributed by atoms with Gasteiger partial charge in [-0.3, -0.25) is 0 Å². The Morgan fingerprint density at radius 3 is 3.09 bits per heavy atom. The monoisotopic (exact) mass is 147 g/mol. The molecule has 0 atom stereocenters. The molecule has 0 fully saturated rings. The van der Waals surface area contributed by atoms with Gasteiger partial charge in [0.25, 0.3) is 0 Å². The van der Waals surface area contributed by atoms with E-state index in [-0.39, 0.29) is 0 Å². The maximum absolute atomic E-state index is 10.8. The van der Waals surface area contributed by atoms with Crippen LogP contribution in [0, 0.1) is 0 Å². The first kappa shape index (κ1) is 6.37. The molecule has 0 bridgehead atoms. The van der Waals surface area contributed by atoms with Crippen LogP contribution < -0.4 is 0 Å². The van der Waals surface area contributed by atoms with Gasteiger partial charge in [0.2, 0.25) is 0 Å². The van der Waals surface area contributed by atoms with E-state index in [4.69, 9.17) is 0 Å². The van der Waals surface area contributed by atoms with Crippen LogP contribution in [0.25, 0.3) is 0 Å². The van der Waals surface area contributed by atoms with Gasteiger partial charge in [-0.15, -0.1) is 0 Å². The highest BCUT2D eigenvalue weighted by atomic mass is 16.5. The molecule has 2 rings (SSSR count). The van der Waals surface area contributed by atoms with Gasteiger partial charge in [0.1, 0.15) is 6.34 Å². The van der Waals surface area contributed by atoms with Crippen molar-refractivity contribution < 1.29 is 5.21 Å². The predicted molar refractivity (Wildman–Crippen MR) is 40.8 cm³/mol. The highest BCUT2D eigenvalue weighted by molar-refractivity contribution is 5.65. The normalized spacial score (nSPS) is 14.8. The molecule has 0 aliphatic carbocycles. The average Bonchev–Trinajstić information content (AvgIpc) is 2.04. The smallest absolute Gasteiger partial charge is 0.120 e. The van der Waals surface area contributed by atoms with Gasteiger partial charge in [-0.2, -0.15) is 0 Å². The molecule has 1 aromatic carbocycles. The number of aliphatic imine (C=N–C) groups is 1. The van der Waals surface area contributed by atoms with Crippen LogP contribution in [0.4, 0.5) is 5.69 Å². The summed E-state index contributed by atoms with van der Waals surface area (Å²) in [6.07, 6.45) is 1.31. The molecule has 0 spiro atoms. The summed E-state index contributed by atoms with van der Waals surface area (Å²) in [6.45, 7) is 0.416. The van der Waals surface area contributed by atoms with E-state index in [0.29, 0.717) is 6.54 Å². The van der Waals surface area contributed by atoms with Crippen LogP contribution in [0.1, 0.15) is 5.56 Å². The topological polar surface area (TPSA) is 35.5 Å². The highest BCUT2D eigenvalue weighted by Gasteiger charge is 2.08. The van der Waals surface area contributed by atoms with Crippen LogP contribution in [0.3, 0.4) is 0 Å². The van der Waals surface area contributed by atoms with Gasteiger partial charge >= 0.3 is 0 Å². The Kier molecular flexibility index (Phi) is 1.36. The van der Waals surface area contributed by atoms with Crippen LogP contribution >= 0.6 is 0 Å². The Hall–Kier alpha value is -1.35. The number of hydrogen-bond acceptors (Lipinski definition) is 2. The fourth-order valence-electron chi connectivity index (χ4n) is 1.11. The molecule has 0 N–H and O–H groups in total. The largest absolute Gasteiger partial charge is 0.237 e. The predicted octanol–water partition coefficient (Wildman–Crippen LogP) is 1.51. The number of hydrogen-bond donors (Lipinski definition) is 0. The van der Waals surface area contributed by atoms with Crippen molar-refractivity contribution in [1.82, 2.24) is 5.06 Å². The van der Waals surface area contributed by atoms with Gasteiger partial charge < -0.3 is 0 Å². The molecule has 1 aliphatic heterocycles. The fourth-order valence-corrected chi connectivity index (χ4v) is 1.11. The van der Waals surface area contributed by atoms with Crippen LogP contribution in [0.5, 0.6) is 0 Å². The Bertz CT molecular complexity index is 296. The molecule has 55 valence electrons. The van der Waals surface area contributed by atoms with Gasteiger partial charge in [0.15, 0.2) is 0 Å². The summed E-state index contributed by atoms with van der Waals surface area (Å²) in [4.78, 5) is 3.96. The summed E-state index contributed by atoms with van der Waals surface area (Å²) in [6, 6.07) is 7.64. The van der Waals surface area contributed by atoms with Crippen LogP contribution in [-0.4, -0.2) is 11.4 Å². The zero-order valence-electron chi connectivity index (χ0n) is 5.90. The van der Waals surface area contributed by atoms with Crippen LogP contribution in [0.15, 0.2) is 29.3 Å². The summed E-state index contributed by atoms with van der Waals surface area (Å²) in [7, 11) is 0. The van der Waals surface area contributed by atoms with E-state index in [1.807, 2.05) is 24.3 Å². The third-order valence-electron chi connectivity index (χ3n) is 1.64. The van der Waals surface area contributed by atoms with E-state index in [9.17, 15) is 5.21 Å². The van der Waals surface area contributed by atoms with Gasteiger partial charge in [0, 0.05) is 0 Å². The van der Waals surface area contributed by atoms with Gasteiger partial charge in [-0.25, -0.2) is 10.1 Å². The lowest BCUT2D eigenvalue weighted by molar-refractivity contribution is -0.0925. The third-order valence-corrected chi connectivity index (χ3v) is 1.64. The first-order valence-corrected chi connectivity index (χ1v) is 3.42. The maximum atomic E-state index is 10.8. The molecule has 1 heterocycles. The lowest BCUT2D eigenvalue weighted by atomic mass is 10.1. The van der Waals surface area contributed by atoms with Crippen molar-refractivity contribution in [1.29, 1.82) is 0 Å². The molecule has 0 saturated carbocycles. The number of para-hydroxylation sites is 1. The summed E-state index contributed by atoms with van der Waals surface area (Å²) in [5.74, 6) is 0. The number of hydroxylamine groups is 2. The van der Waals surface area contributed by atoms with Crippen molar-refractivity contribution in [2.75, 3.05) is 0 Å². The van der Waals surface area contributed by atoms with E-state index >= 15 is 0 Å². The minimum absolute atomic E-state index is 0.416. The Labute approximate surface area is 64.6 Å². The van der Waals surface area contributed by atoms with Crippen molar-refractivity contribution in [2.24, 2.45) is 4.99 Å². The third kappa shape index (κ3) is 1.10. The first-order valence-electron chi connectivity index (χ1n) is 3.42. The molecule has 1 aliphatic rings. The molecule has 11 heavy (non-hydrogen) atoms. The minimum Gasteiger partial charge on any atom is -0.237 e. The van der Waals surface area contributed by atoms with E-state index in [0.717, 1.165) is 16.3 Å². The maximum Gasteiger partial charge on any atom is 0.120 e. The summed E-state index contributed by atoms with van der Waals surface area (Å²) in [5, 5.41) is 11.6. The number of benzene rings is 1. The molecular formula is C8H7N2O. The fraction of sp³-hybridized carbons (Fsp3) is 0.125. The van der Waals surface area contributed by atoms with E-state index in [2.05, 4.69) is 4.99 Å². The highest BCUT2D eigenvalue weighted by Crippen LogP contribution is 2.22. The second kappa shape index (κ2) is 2.36. The summed E-state index contributed by atoms with van der Waals surface area (Å²) < 4.78 is 0. The standard InChI is InChI=1S/C8H7N2O/c11-10-5-7-3-1-2-4-8(7)9-6-10/h1-4,6H,5H2. The number of fused-ring (bicyclic) bond motifs is 1. The van der Waals surface area contributed by atoms with Crippen LogP contribution in [0.2, 0.25) is 0 Å². The van der Waals surface area contributed by atoms with Crippen molar-refractivity contribution >= 4 is 12.0 Å². The zero-order chi connectivity index (χ0) is 7.68. The molecule has 0 aromatic heterocycles. The Balaban J connectivity index is 2.46. The van der Waals surface area contributed by atoms with E-state index in [1.54, 1.807) is 0 Å². The van der Waals surface area contributed by atoms with Crippen molar-refractivity contribution in [2.45, 2.75) is 6.54 Å². The molecule has 0 amide bonds. The zero-order valence-corrected chi connectivity index (χ0v) is 5.90. The SMILES string of the molecule is [O]N1C=Nc2ccccc2C1. The van der Waals surface area contributed by atoms with E-state index < -0.39 is 0 Å². The second-order valence-electron chi connectivity index (χ2n) is 2.45. The van der Waals surface area contributed by atoms with Crippen molar-refractivity contribution in [3.05, 3.63) is 29.8 Å². The lowest BCUT2D eigenvalue weighted by Gasteiger charge is -2.14. The van der Waals surface area contributed by atoms with Crippen molar-refractivity contribution in [3.63, 3.8) is 0 Å². The molecule has 1 radical (unpaired) electrons. The summed E-state index contributed by atoms with van der Waals surface area (Å²) in [5.41, 5.74) is 1.89. The minimum atomic E-state index is 0.416. The van der Waals surface area contributed by atoms with Gasteiger partial charge in [-0.05, 0) is 11.6 Å². The average molecular weight is 147 g/mol. The van der Waals surface area contributed by atoms with Crippen molar-refractivity contribution in [3.8, 4) is 0 Å². The molecule has 0 unspecified atom stereocenters. The molecule has 1 aromatic rings. The van der Waals surface area contributed by atoms with E-state index in [1.165, 1.54) is 6.34 Å². The quantitative estimate of drug-likeness (QED) is 0.547. The molecular weight excluding hydrogens is 140 g/mol. The van der Waals surface area contributed by atoms with Gasteiger partial charge in [-0.1, -0.05) is 23.4 Å². The second-order valence-corrected chi connectivity index (χ2v) is 2.45. The number of rotatable bonds is 0. The van der Waals surface area contributed by atoms with Gasteiger partial charge in [0.05, 0.1) is 12.2 Å². The summed E-state index contributed by atoms with van der Waals surface area (Å²) >= 11 is 0. The molecule has 3 nitrogen and oxygen atoms in total. The Morgan fingerprint density at radius 1 is 1.36 bits per heavy atom.